The van der Waals surface area contributed by atoms with Gasteiger partial charge in [-0.25, -0.2) is 21.6 Å². The third-order valence-electron chi connectivity index (χ3n) is 5.26. The van der Waals surface area contributed by atoms with E-state index >= 15 is 0 Å². The van der Waals surface area contributed by atoms with Gasteiger partial charge in [0.25, 0.3) is 0 Å². The summed E-state index contributed by atoms with van der Waals surface area (Å²) in [6.07, 6.45) is 0.793. The van der Waals surface area contributed by atoms with Crippen LogP contribution in [0, 0.1) is 5.92 Å². The molecule has 166 valence electrons. The van der Waals surface area contributed by atoms with Crippen LogP contribution >= 0.6 is 0 Å². The molecule has 2 amide bonds. The van der Waals surface area contributed by atoms with Gasteiger partial charge in [-0.2, -0.15) is 4.31 Å². The van der Waals surface area contributed by atoms with Gasteiger partial charge in [-0.1, -0.05) is 0 Å². The Morgan fingerprint density at radius 3 is 2.47 bits per heavy atom. The number of methoxy groups -OCH3 is 1. The van der Waals surface area contributed by atoms with Crippen molar-refractivity contribution in [1.82, 2.24) is 9.62 Å². The van der Waals surface area contributed by atoms with E-state index in [0.29, 0.717) is 31.5 Å². The summed E-state index contributed by atoms with van der Waals surface area (Å²) in [5, 5.41) is 5.20. The van der Waals surface area contributed by atoms with Crippen molar-refractivity contribution in [3.63, 3.8) is 0 Å². The van der Waals surface area contributed by atoms with Crippen molar-refractivity contribution in [2.75, 3.05) is 37.0 Å². The number of nitrogens with zero attached hydrogens (tertiary/aromatic N) is 1. The second kappa shape index (κ2) is 8.90. The van der Waals surface area contributed by atoms with Crippen LogP contribution in [0.2, 0.25) is 0 Å². The summed E-state index contributed by atoms with van der Waals surface area (Å²) < 4.78 is 54.9. The van der Waals surface area contributed by atoms with E-state index in [1.807, 2.05) is 0 Å². The molecule has 0 unspecified atom stereocenters. The summed E-state index contributed by atoms with van der Waals surface area (Å²) in [5.41, 5.74) is 0.392. The number of rotatable bonds is 5. The number of anilines is 1. The lowest BCUT2D eigenvalue weighted by Crippen LogP contribution is -2.47. The molecule has 2 aliphatic heterocycles. The topological polar surface area (TPSA) is 139 Å². The second-order valence-electron chi connectivity index (χ2n) is 7.45. The van der Waals surface area contributed by atoms with E-state index < -0.39 is 37.9 Å². The fourth-order valence-corrected chi connectivity index (χ4v) is 6.83. The number of sulfonamides is 1. The lowest BCUT2D eigenvalue weighted by atomic mass is 9.98. The van der Waals surface area contributed by atoms with Gasteiger partial charge in [-0.3, -0.25) is 10.1 Å². The van der Waals surface area contributed by atoms with Crippen molar-refractivity contribution in [1.29, 1.82) is 0 Å². The Hall–Kier alpha value is -2.18. The molecule has 30 heavy (non-hydrogen) atoms. The van der Waals surface area contributed by atoms with E-state index in [-0.39, 0.29) is 28.9 Å². The van der Waals surface area contributed by atoms with E-state index in [0.717, 1.165) is 0 Å². The quantitative estimate of drug-likeness (QED) is 0.656. The lowest BCUT2D eigenvalue weighted by Gasteiger charge is -2.31. The highest BCUT2D eigenvalue weighted by molar-refractivity contribution is 7.91. The molecule has 2 aliphatic rings. The molecular formula is C18H25N3O7S2. The first-order valence-corrected chi connectivity index (χ1v) is 12.8. The second-order valence-corrected chi connectivity index (χ2v) is 11.6. The molecule has 0 aliphatic carbocycles. The molecule has 0 radical (unpaired) electrons. The predicted octanol–water partition coefficient (Wildman–Crippen LogP) is 0.569. The molecule has 2 atom stereocenters. The Balaban J connectivity index is 1.65. The monoisotopic (exact) mass is 459 g/mol. The van der Waals surface area contributed by atoms with Gasteiger partial charge in [0.1, 0.15) is 0 Å². The van der Waals surface area contributed by atoms with Gasteiger partial charge in [0.05, 0.1) is 29.4 Å². The Bertz CT molecular complexity index is 1010. The van der Waals surface area contributed by atoms with E-state index in [1.165, 1.54) is 35.7 Å². The summed E-state index contributed by atoms with van der Waals surface area (Å²) in [4.78, 5) is 23.9. The molecule has 2 heterocycles. The lowest BCUT2D eigenvalue weighted by molar-refractivity contribution is -0.126. The van der Waals surface area contributed by atoms with Crippen molar-refractivity contribution in [3.8, 4) is 0 Å². The van der Waals surface area contributed by atoms with Gasteiger partial charge in [0.15, 0.2) is 9.84 Å². The zero-order valence-electron chi connectivity index (χ0n) is 16.5. The molecule has 1 aromatic rings. The zero-order chi connectivity index (χ0) is 21.9. The standard InChI is InChI=1S/C18H25N3O7S2/c1-28-18(23)20-14-4-6-16(7-5-14)30(26,27)21-9-2-3-13(11-21)17(22)19-15-8-10-29(24,25)12-15/h4-7,13,15H,2-3,8-12H2,1H3,(H,19,22)(H,20,23)/t13-,15+/m0/s1. The number of benzene rings is 1. The van der Waals surface area contributed by atoms with E-state index in [1.54, 1.807) is 0 Å². The molecule has 2 saturated heterocycles. The molecule has 3 rings (SSSR count). The molecule has 0 bridgehead atoms. The molecule has 10 nitrogen and oxygen atoms in total. The Morgan fingerprint density at radius 1 is 1.17 bits per heavy atom. The number of sulfone groups is 1. The Morgan fingerprint density at radius 2 is 1.87 bits per heavy atom. The van der Waals surface area contributed by atoms with Crippen molar-refractivity contribution in [3.05, 3.63) is 24.3 Å². The summed E-state index contributed by atoms with van der Waals surface area (Å²) in [5.74, 6) is -0.852. The highest BCUT2D eigenvalue weighted by atomic mass is 32.2. The first kappa shape index (κ1) is 22.5. The minimum absolute atomic E-state index is 0.0375. The molecule has 0 spiro atoms. The fourth-order valence-electron chi connectivity index (χ4n) is 3.63. The average molecular weight is 460 g/mol. The van der Waals surface area contributed by atoms with E-state index in [9.17, 15) is 26.4 Å². The van der Waals surface area contributed by atoms with Crippen molar-refractivity contribution in [2.24, 2.45) is 5.92 Å². The third-order valence-corrected chi connectivity index (χ3v) is 8.90. The first-order chi connectivity index (χ1) is 14.1. The number of hydrogen-bond donors (Lipinski definition) is 2. The van der Waals surface area contributed by atoms with Crippen LogP contribution in [0.3, 0.4) is 0 Å². The SMILES string of the molecule is COC(=O)Nc1ccc(S(=O)(=O)N2CCC[C@H](C(=O)N[C@@H]3CCS(=O)(=O)C3)C2)cc1. The summed E-state index contributed by atoms with van der Waals surface area (Å²) in [6.45, 7) is 0.335. The normalized spacial score (nSPS) is 24.2. The average Bonchev–Trinajstić information content (AvgIpc) is 3.06. The van der Waals surface area contributed by atoms with Crippen LogP contribution in [0.1, 0.15) is 19.3 Å². The molecule has 1 aromatic carbocycles. The molecule has 0 aromatic heterocycles. The number of ether oxygens (including phenoxy) is 1. The minimum Gasteiger partial charge on any atom is -0.453 e. The maximum atomic E-state index is 13.0. The number of amides is 2. The third kappa shape index (κ3) is 5.29. The van der Waals surface area contributed by atoms with Gasteiger partial charge in [-0.15, -0.1) is 0 Å². The van der Waals surface area contributed by atoms with Crippen LogP contribution in [0.15, 0.2) is 29.2 Å². The van der Waals surface area contributed by atoms with E-state index in [4.69, 9.17) is 0 Å². The molecular weight excluding hydrogens is 434 g/mol. The van der Waals surface area contributed by atoms with Gasteiger partial charge in [-0.05, 0) is 43.5 Å². The molecule has 2 N–H and O–H groups in total. The fraction of sp³-hybridized carbons (Fsp3) is 0.556. The van der Waals surface area contributed by atoms with Gasteiger partial charge in [0, 0.05) is 24.8 Å². The minimum atomic E-state index is -3.81. The smallest absolute Gasteiger partial charge is 0.411 e. The Labute approximate surface area is 175 Å². The van der Waals surface area contributed by atoms with Crippen LogP contribution in [-0.2, 0) is 29.4 Å². The largest absolute Gasteiger partial charge is 0.453 e. The van der Waals surface area contributed by atoms with Gasteiger partial charge >= 0.3 is 6.09 Å². The number of nitrogens with one attached hydrogen (secondary N) is 2. The maximum Gasteiger partial charge on any atom is 0.411 e. The number of hydrogen-bond acceptors (Lipinski definition) is 7. The van der Waals surface area contributed by atoms with Crippen molar-refractivity contribution < 1.29 is 31.2 Å². The number of piperidine rings is 1. The predicted molar refractivity (Wildman–Crippen MR) is 109 cm³/mol. The Kier molecular flexibility index (Phi) is 6.68. The summed E-state index contributed by atoms with van der Waals surface area (Å²) in [6, 6.07) is 5.27. The van der Waals surface area contributed by atoms with Crippen molar-refractivity contribution in [2.45, 2.75) is 30.2 Å². The van der Waals surface area contributed by atoms with Crippen LogP contribution < -0.4 is 10.6 Å². The van der Waals surface area contributed by atoms with E-state index in [2.05, 4.69) is 15.4 Å². The van der Waals surface area contributed by atoms with Crippen LogP contribution in [0.4, 0.5) is 10.5 Å². The van der Waals surface area contributed by atoms with Crippen LogP contribution in [0.25, 0.3) is 0 Å². The summed E-state index contributed by atoms with van der Waals surface area (Å²) >= 11 is 0. The number of carbonyl (C=O) groups is 2. The molecule has 2 fully saturated rings. The molecule has 0 saturated carbocycles. The summed E-state index contributed by atoms with van der Waals surface area (Å²) in [7, 11) is -5.70. The highest BCUT2D eigenvalue weighted by Gasteiger charge is 2.35. The van der Waals surface area contributed by atoms with Crippen LogP contribution in [-0.4, -0.2) is 70.9 Å². The zero-order valence-corrected chi connectivity index (χ0v) is 18.2. The maximum absolute atomic E-state index is 13.0. The van der Waals surface area contributed by atoms with Gasteiger partial charge < -0.3 is 10.1 Å². The highest BCUT2D eigenvalue weighted by Crippen LogP contribution is 2.25. The van der Waals surface area contributed by atoms with Crippen LogP contribution in [0.5, 0.6) is 0 Å². The van der Waals surface area contributed by atoms with Crippen molar-refractivity contribution >= 4 is 37.5 Å². The van der Waals surface area contributed by atoms with Gasteiger partial charge in [0.2, 0.25) is 15.9 Å². The first-order valence-electron chi connectivity index (χ1n) is 9.57. The molecule has 12 heteroatoms. The number of carbonyl (C=O) groups excluding carboxylic acids is 2.